The first-order valence-electron chi connectivity index (χ1n) is 14.0. The third-order valence-electron chi connectivity index (χ3n) is 7.07. The van der Waals surface area contributed by atoms with Gasteiger partial charge >= 0.3 is 6.09 Å². The van der Waals surface area contributed by atoms with E-state index in [0.717, 1.165) is 64.8 Å². The van der Waals surface area contributed by atoms with Gasteiger partial charge in [-0.25, -0.2) is 9.48 Å². The maximum Gasteiger partial charge on any atom is 0.408 e. The third kappa shape index (κ3) is 6.48. The number of fused-ring (bicyclic) bond motifs is 1. The summed E-state index contributed by atoms with van der Waals surface area (Å²) < 4.78 is 19.9. The van der Waals surface area contributed by atoms with E-state index in [0.29, 0.717) is 6.61 Å². The highest BCUT2D eigenvalue weighted by atomic mass is 16.6. The average molecular weight is 542 g/mol. The number of carbonyl (C=O) groups excluding carboxylic acids is 1. The Bertz CT molecular complexity index is 1450. The molecule has 0 bridgehead atoms. The molecule has 40 heavy (non-hydrogen) atoms. The Morgan fingerprint density at radius 2 is 1.75 bits per heavy atom. The first-order valence-corrected chi connectivity index (χ1v) is 14.0. The Morgan fingerprint density at radius 3 is 2.42 bits per heavy atom. The average Bonchev–Trinajstić information content (AvgIpc) is 3.36. The van der Waals surface area contributed by atoms with Crippen molar-refractivity contribution in [3.63, 3.8) is 0 Å². The van der Waals surface area contributed by atoms with Gasteiger partial charge in [-0.3, -0.25) is 0 Å². The Balaban J connectivity index is 1.46. The molecule has 1 amide bonds. The molecule has 1 atom stereocenters. The largest absolute Gasteiger partial charge is 0.487 e. The maximum absolute atomic E-state index is 12.4. The summed E-state index contributed by atoms with van der Waals surface area (Å²) in [5.74, 6) is 0.794. The minimum Gasteiger partial charge on any atom is -0.487 e. The van der Waals surface area contributed by atoms with E-state index in [4.69, 9.17) is 19.3 Å². The first kappa shape index (κ1) is 27.7. The number of amides is 1. The number of hydrogen-bond acceptors (Lipinski definition) is 5. The van der Waals surface area contributed by atoms with Gasteiger partial charge in [0.1, 0.15) is 24.2 Å². The lowest BCUT2D eigenvalue weighted by atomic mass is 9.92. The quantitative estimate of drug-likeness (QED) is 0.259. The lowest BCUT2D eigenvalue weighted by Crippen LogP contribution is -2.43. The van der Waals surface area contributed by atoms with Crippen molar-refractivity contribution in [3.05, 3.63) is 84.1 Å². The summed E-state index contributed by atoms with van der Waals surface area (Å²) in [5.41, 5.74) is 3.77. The highest BCUT2D eigenvalue weighted by Gasteiger charge is 2.27. The normalized spacial score (nSPS) is 16.1. The van der Waals surface area contributed by atoms with E-state index >= 15 is 0 Å². The first-order chi connectivity index (χ1) is 19.1. The lowest BCUT2D eigenvalue weighted by molar-refractivity contribution is -0.0390. The number of benzene rings is 3. The standard InChI is InChI=1S/C33H39N3O4/c1-32(2,3)40-31(37)34-33(4,5)25-16-14-24(15-17-25)26-18-19-28-27(21-36(35-28)29-13-9-10-20-38-29)30(26)39-22-23-11-7-6-8-12-23/h6-8,11-12,14-19,21,29H,9-10,13,20,22H2,1-5H3,(H,34,37). The molecule has 0 aliphatic carbocycles. The Labute approximate surface area is 236 Å². The van der Waals surface area contributed by atoms with Crippen molar-refractivity contribution in [3.8, 4) is 16.9 Å². The van der Waals surface area contributed by atoms with E-state index in [9.17, 15) is 4.79 Å². The van der Waals surface area contributed by atoms with E-state index in [1.54, 1.807) is 0 Å². The van der Waals surface area contributed by atoms with Crippen molar-refractivity contribution >= 4 is 17.0 Å². The molecule has 1 saturated heterocycles. The van der Waals surface area contributed by atoms with Gasteiger partial charge in [0.2, 0.25) is 0 Å². The van der Waals surface area contributed by atoms with Crippen molar-refractivity contribution in [2.75, 3.05) is 6.61 Å². The molecule has 3 aromatic carbocycles. The van der Waals surface area contributed by atoms with E-state index in [2.05, 4.69) is 41.8 Å². The predicted octanol–water partition coefficient (Wildman–Crippen LogP) is 7.74. The van der Waals surface area contributed by atoms with Crippen LogP contribution in [0.5, 0.6) is 5.75 Å². The highest BCUT2D eigenvalue weighted by Crippen LogP contribution is 2.39. The zero-order chi connectivity index (χ0) is 28.3. The molecular weight excluding hydrogens is 502 g/mol. The summed E-state index contributed by atoms with van der Waals surface area (Å²) in [7, 11) is 0. The summed E-state index contributed by atoms with van der Waals surface area (Å²) in [4.78, 5) is 12.4. The molecule has 0 radical (unpaired) electrons. The van der Waals surface area contributed by atoms with Gasteiger partial charge in [-0.15, -0.1) is 0 Å². The van der Waals surface area contributed by atoms with Crippen LogP contribution in [0.2, 0.25) is 0 Å². The van der Waals surface area contributed by atoms with Gasteiger partial charge in [0, 0.05) is 18.4 Å². The molecule has 1 unspecified atom stereocenters. The number of hydrogen-bond donors (Lipinski definition) is 1. The van der Waals surface area contributed by atoms with Crippen LogP contribution in [0, 0.1) is 0 Å². The van der Waals surface area contributed by atoms with Crippen LogP contribution in [0.25, 0.3) is 22.0 Å². The lowest BCUT2D eigenvalue weighted by Gasteiger charge is -2.29. The Morgan fingerprint density at radius 1 is 1.00 bits per heavy atom. The van der Waals surface area contributed by atoms with Crippen LogP contribution in [0.3, 0.4) is 0 Å². The fourth-order valence-electron chi connectivity index (χ4n) is 4.98. The minimum absolute atomic E-state index is 0.0504. The molecule has 0 saturated carbocycles. The number of aromatic nitrogens is 2. The number of alkyl carbamates (subject to hydrolysis) is 1. The van der Waals surface area contributed by atoms with Crippen LogP contribution in [0.4, 0.5) is 4.79 Å². The molecule has 4 aromatic rings. The fourth-order valence-corrected chi connectivity index (χ4v) is 4.98. The topological polar surface area (TPSA) is 74.6 Å². The van der Waals surface area contributed by atoms with Gasteiger partial charge in [0.25, 0.3) is 0 Å². The summed E-state index contributed by atoms with van der Waals surface area (Å²) in [5, 5.41) is 8.79. The molecule has 7 heteroatoms. The second-order valence-electron chi connectivity index (χ2n) is 11.9. The zero-order valence-electron chi connectivity index (χ0n) is 24.1. The van der Waals surface area contributed by atoms with Crippen molar-refractivity contribution < 1.29 is 19.0 Å². The number of carbonyl (C=O) groups is 1. The van der Waals surface area contributed by atoms with Crippen molar-refractivity contribution in [2.45, 2.75) is 77.9 Å². The molecule has 1 fully saturated rings. The van der Waals surface area contributed by atoms with Gasteiger partial charge in [0.15, 0.2) is 0 Å². The minimum atomic E-state index is -0.613. The summed E-state index contributed by atoms with van der Waals surface area (Å²) in [6.07, 6.45) is 4.74. The van der Waals surface area contributed by atoms with Crippen LogP contribution >= 0.6 is 0 Å². The van der Waals surface area contributed by atoms with Crippen LogP contribution in [-0.4, -0.2) is 28.1 Å². The van der Waals surface area contributed by atoms with Gasteiger partial charge in [-0.05, 0) is 82.7 Å². The zero-order valence-corrected chi connectivity index (χ0v) is 24.1. The summed E-state index contributed by atoms with van der Waals surface area (Å²) in [6, 6.07) is 22.5. The number of ether oxygens (including phenoxy) is 3. The predicted molar refractivity (Wildman–Crippen MR) is 157 cm³/mol. The SMILES string of the molecule is CC(C)(C)OC(=O)NC(C)(C)c1ccc(-c2ccc3nn(C4CCCCO4)cc3c2OCc2ccccc2)cc1. The van der Waals surface area contributed by atoms with Gasteiger partial charge in [-0.1, -0.05) is 54.6 Å². The molecule has 7 nitrogen and oxygen atoms in total. The van der Waals surface area contributed by atoms with Crippen molar-refractivity contribution in [2.24, 2.45) is 0 Å². The monoisotopic (exact) mass is 541 g/mol. The van der Waals surface area contributed by atoms with Crippen LogP contribution in [0.1, 0.15) is 71.2 Å². The van der Waals surface area contributed by atoms with Crippen LogP contribution in [-0.2, 0) is 21.6 Å². The fraction of sp³-hybridized carbons (Fsp3) is 0.394. The van der Waals surface area contributed by atoms with E-state index in [1.807, 2.05) is 75.7 Å². The molecule has 1 aromatic heterocycles. The molecule has 5 rings (SSSR count). The van der Waals surface area contributed by atoms with Crippen LogP contribution in [0.15, 0.2) is 72.9 Å². The van der Waals surface area contributed by atoms with Crippen molar-refractivity contribution in [1.82, 2.24) is 15.1 Å². The molecule has 2 heterocycles. The van der Waals surface area contributed by atoms with Gasteiger partial charge < -0.3 is 19.5 Å². The summed E-state index contributed by atoms with van der Waals surface area (Å²) in [6.45, 7) is 10.7. The third-order valence-corrected chi connectivity index (χ3v) is 7.07. The smallest absolute Gasteiger partial charge is 0.408 e. The second kappa shape index (κ2) is 11.3. The molecule has 1 aliphatic rings. The Kier molecular flexibility index (Phi) is 7.86. The number of nitrogens with zero attached hydrogens (tertiary/aromatic N) is 2. The molecule has 0 spiro atoms. The van der Waals surface area contributed by atoms with Gasteiger partial charge in [0.05, 0.1) is 16.4 Å². The van der Waals surface area contributed by atoms with E-state index < -0.39 is 17.2 Å². The molecular formula is C33H39N3O4. The molecule has 210 valence electrons. The molecule has 1 aliphatic heterocycles. The number of rotatable bonds is 7. The van der Waals surface area contributed by atoms with E-state index in [1.165, 1.54) is 0 Å². The van der Waals surface area contributed by atoms with E-state index in [-0.39, 0.29) is 6.23 Å². The van der Waals surface area contributed by atoms with Gasteiger partial charge in [-0.2, -0.15) is 5.10 Å². The second-order valence-corrected chi connectivity index (χ2v) is 11.9. The molecule has 1 N–H and O–H groups in total. The Hall–Kier alpha value is -3.84. The highest BCUT2D eigenvalue weighted by molar-refractivity contribution is 5.93. The van der Waals surface area contributed by atoms with Crippen LogP contribution < -0.4 is 10.1 Å². The number of nitrogens with one attached hydrogen (secondary N) is 1. The maximum atomic E-state index is 12.4. The van der Waals surface area contributed by atoms with Crippen molar-refractivity contribution in [1.29, 1.82) is 0 Å². The summed E-state index contributed by atoms with van der Waals surface area (Å²) >= 11 is 0.